The number of benzene rings is 4. The summed E-state index contributed by atoms with van der Waals surface area (Å²) in [5, 5.41) is 10.3. The van der Waals surface area contributed by atoms with E-state index in [1.165, 1.54) is 5.56 Å². The summed E-state index contributed by atoms with van der Waals surface area (Å²) in [6, 6.07) is 21.6. The SMILES string of the molecule is COc1cccc(CCc2ccc(OC)c(Oc3cc(CCc4cc(O)c5c(c4)OCO5)cc4c3OCO4)c2)c1. The van der Waals surface area contributed by atoms with E-state index in [1.807, 2.05) is 48.5 Å². The fraction of sp³-hybridized carbons (Fsp3) is 0.250. The van der Waals surface area contributed by atoms with Crippen LogP contribution >= 0.6 is 0 Å². The number of hydrogen-bond donors (Lipinski definition) is 1. The van der Waals surface area contributed by atoms with Gasteiger partial charge in [0.05, 0.1) is 14.2 Å². The summed E-state index contributed by atoms with van der Waals surface area (Å²) in [5.74, 6) is 4.86. The van der Waals surface area contributed by atoms with Gasteiger partial charge >= 0.3 is 0 Å². The second-order valence-electron chi connectivity index (χ2n) is 9.62. The third-order valence-corrected chi connectivity index (χ3v) is 7.00. The molecule has 4 aromatic carbocycles. The van der Waals surface area contributed by atoms with Gasteiger partial charge < -0.3 is 38.3 Å². The Hall–Kier alpha value is -4.72. The van der Waals surface area contributed by atoms with Crippen LogP contribution in [0.4, 0.5) is 0 Å². The molecule has 6 rings (SSSR count). The highest BCUT2D eigenvalue weighted by molar-refractivity contribution is 5.58. The van der Waals surface area contributed by atoms with Crippen molar-refractivity contribution >= 4 is 0 Å². The fourth-order valence-electron chi connectivity index (χ4n) is 4.92. The molecule has 0 fully saturated rings. The van der Waals surface area contributed by atoms with Crippen LogP contribution in [0.3, 0.4) is 0 Å². The van der Waals surface area contributed by atoms with Crippen LogP contribution in [0.25, 0.3) is 0 Å². The maximum absolute atomic E-state index is 10.3. The molecule has 0 aliphatic carbocycles. The first kappa shape index (κ1) is 25.6. The van der Waals surface area contributed by atoms with Crippen molar-refractivity contribution in [2.45, 2.75) is 25.7 Å². The van der Waals surface area contributed by atoms with Gasteiger partial charge in [-0.05, 0) is 96.5 Å². The Balaban J connectivity index is 1.21. The molecule has 8 nitrogen and oxygen atoms in total. The Morgan fingerprint density at radius 3 is 2.00 bits per heavy atom. The van der Waals surface area contributed by atoms with E-state index in [1.54, 1.807) is 20.3 Å². The Morgan fingerprint density at radius 1 is 0.600 bits per heavy atom. The zero-order chi connectivity index (χ0) is 27.5. The number of fused-ring (bicyclic) bond motifs is 2. The molecule has 0 bridgehead atoms. The number of aromatic hydroxyl groups is 1. The van der Waals surface area contributed by atoms with Crippen LogP contribution in [0.2, 0.25) is 0 Å². The molecule has 206 valence electrons. The molecule has 0 spiro atoms. The summed E-state index contributed by atoms with van der Waals surface area (Å²) in [4.78, 5) is 0. The Bertz CT molecular complexity index is 1530. The van der Waals surface area contributed by atoms with Gasteiger partial charge in [0.25, 0.3) is 0 Å². The van der Waals surface area contributed by atoms with Gasteiger partial charge in [-0.15, -0.1) is 0 Å². The Morgan fingerprint density at radius 2 is 1.25 bits per heavy atom. The fourth-order valence-corrected chi connectivity index (χ4v) is 4.92. The van der Waals surface area contributed by atoms with Crippen LogP contribution in [-0.2, 0) is 25.7 Å². The van der Waals surface area contributed by atoms with Crippen molar-refractivity contribution in [2.24, 2.45) is 0 Å². The predicted molar refractivity (Wildman–Crippen MR) is 148 cm³/mol. The van der Waals surface area contributed by atoms with Gasteiger partial charge in [0.1, 0.15) is 5.75 Å². The zero-order valence-corrected chi connectivity index (χ0v) is 22.4. The van der Waals surface area contributed by atoms with E-state index >= 15 is 0 Å². The maximum atomic E-state index is 10.3. The van der Waals surface area contributed by atoms with Crippen molar-refractivity contribution in [3.8, 4) is 51.7 Å². The smallest absolute Gasteiger partial charge is 0.231 e. The van der Waals surface area contributed by atoms with E-state index < -0.39 is 0 Å². The summed E-state index contributed by atoms with van der Waals surface area (Å²) in [6.45, 7) is 0.240. The molecule has 0 saturated heterocycles. The largest absolute Gasteiger partial charge is 0.504 e. The average Bonchev–Trinajstić information content (AvgIpc) is 3.65. The molecule has 0 radical (unpaired) electrons. The summed E-state index contributed by atoms with van der Waals surface area (Å²) < 4.78 is 39.6. The summed E-state index contributed by atoms with van der Waals surface area (Å²) >= 11 is 0. The highest BCUT2D eigenvalue weighted by Crippen LogP contribution is 2.46. The number of phenolic OH excluding ortho intramolecular Hbond substituents is 1. The normalized spacial score (nSPS) is 12.8. The lowest BCUT2D eigenvalue weighted by molar-refractivity contribution is 0.171. The molecule has 2 aliphatic heterocycles. The number of aryl methyl sites for hydroxylation is 4. The van der Waals surface area contributed by atoms with Crippen LogP contribution in [-0.4, -0.2) is 32.9 Å². The zero-order valence-electron chi connectivity index (χ0n) is 22.4. The second-order valence-corrected chi connectivity index (χ2v) is 9.62. The third-order valence-electron chi connectivity index (χ3n) is 7.00. The van der Waals surface area contributed by atoms with Gasteiger partial charge in [-0.25, -0.2) is 0 Å². The predicted octanol–water partition coefficient (Wildman–Crippen LogP) is 6.23. The number of methoxy groups -OCH3 is 2. The van der Waals surface area contributed by atoms with E-state index in [4.69, 9.17) is 33.2 Å². The van der Waals surface area contributed by atoms with E-state index in [9.17, 15) is 5.11 Å². The highest BCUT2D eigenvalue weighted by atomic mass is 16.7. The monoisotopic (exact) mass is 542 g/mol. The molecule has 0 atom stereocenters. The Labute approximate surface area is 232 Å². The van der Waals surface area contributed by atoms with Gasteiger partial charge in [-0.3, -0.25) is 0 Å². The lowest BCUT2D eigenvalue weighted by Crippen LogP contribution is -1.97. The molecule has 40 heavy (non-hydrogen) atoms. The number of hydrogen-bond acceptors (Lipinski definition) is 8. The van der Waals surface area contributed by atoms with Crippen molar-refractivity contribution in [2.75, 3.05) is 27.8 Å². The molecular weight excluding hydrogens is 512 g/mol. The van der Waals surface area contributed by atoms with Crippen LogP contribution < -0.4 is 33.2 Å². The van der Waals surface area contributed by atoms with Crippen molar-refractivity contribution < 1.29 is 38.3 Å². The first-order valence-corrected chi connectivity index (χ1v) is 13.1. The standard InChI is InChI=1S/C32H30O8/c1-34-24-5-3-4-20(12-24)6-7-21-10-11-26(35-2)27(14-21)40-30-17-23(16-29-32(30)39-19-37-29)9-8-22-13-25(33)31-28(15-22)36-18-38-31/h3-5,10-17,33H,6-9,18-19H2,1-2H3. The van der Waals surface area contributed by atoms with E-state index in [0.717, 1.165) is 35.3 Å². The van der Waals surface area contributed by atoms with E-state index in [0.29, 0.717) is 53.1 Å². The third kappa shape index (κ3) is 5.38. The molecule has 4 aromatic rings. The van der Waals surface area contributed by atoms with Gasteiger partial charge in [0.15, 0.2) is 34.5 Å². The molecular formula is C32H30O8. The molecule has 0 amide bonds. The number of phenols is 1. The quantitative estimate of drug-likeness (QED) is 0.253. The first-order chi connectivity index (χ1) is 19.6. The number of rotatable bonds is 10. The van der Waals surface area contributed by atoms with Crippen molar-refractivity contribution in [3.05, 3.63) is 89.0 Å². The molecule has 0 aromatic heterocycles. The lowest BCUT2D eigenvalue weighted by Gasteiger charge is -2.15. The highest BCUT2D eigenvalue weighted by Gasteiger charge is 2.23. The van der Waals surface area contributed by atoms with Crippen LogP contribution in [0.1, 0.15) is 22.3 Å². The van der Waals surface area contributed by atoms with Crippen molar-refractivity contribution in [1.82, 2.24) is 0 Å². The van der Waals surface area contributed by atoms with E-state index in [-0.39, 0.29) is 19.3 Å². The Kier molecular flexibility index (Phi) is 7.14. The minimum atomic E-state index is 0.0816. The molecule has 2 heterocycles. The minimum Gasteiger partial charge on any atom is -0.504 e. The van der Waals surface area contributed by atoms with Crippen LogP contribution in [0, 0.1) is 0 Å². The molecule has 8 heteroatoms. The average molecular weight is 543 g/mol. The van der Waals surface area contributed by atoms with Gasteiger partial charge in [-0.2, -0.15) is 0 Å². The lowest BCUT2D eigenvalue weighted by atomic mass is 10.0. The van der Waals surface area contributed by atoms with Gasteiger partial charge in [0.2, 0.25) is 25.1 Å². The maximum Gasteiger partial charge on any atom is 0.231 e. The summed E-state index contributed by atoms with van der Waals surface area (Å²) in [5.41, 5.74) is 4.26. The second kappa shape index (κ2) is 11.2. The molecule has 0 saturated carbocycles. The van der Waals surface area contributed by atoms with Crippen molar-refractivity contribution in [3.63, 3.8) is 0 Å². The van der Waals surface area contributed by atoms with Gasteiger partial charge in [-0.1, -0.05) is 18.2 Å². The van der Waals surface area contributed by atoms with Gasteiger partial charge in [0, 0.05) is 0 Å². The topological polar surface area (TPSA) is 84.8 Å². The van der Waals surface area contributed by atoms with E-state index in [2.05, 4.69) is 12.1 Å². The molecule has 1 N–H and O–H groups in total. The minimum absolute atomic E-state index is 0.0816. The first-order valence-electron chi connectivity index (χ1n) is 13.1. The summed E-state index contributed by atoms with van der Waals surface area (Å²) in [6.07, 6.45) is 3.05. The van der Waals surface area contributed by atoms with Crippen LogP contribution in [0.15, 0.2) is 66.7 Å². The molecule has 0 unspecified atom stereocenters. The van der Waals surface area contributed by atoms with Crippen LogP contribution in [0.5, 0.6) is 51.7 Å². The van der Waals surface area contributed by atoms with Crippen molar-refractivity contribution in [1.29, 1.82) is 0 Å². The summed E-state index contributed by atoms with van der Waals surface area (Å²) in [7, 11) is 3.30. The number of ether oxygens (including phenoxy) is 7. The molecule has 2 aliphatic rings.